The third kappa shape index (κ3) is 4.46. The van der Waals surface area contributed by atoms with Gasteiger partial charge in [-0.3, -0.25) is 9.59 Å². The average Bonchev–Trinajstić information content (AvgIpc) is 3.16. The van der Waals surface area contributed by atoms with Crippen molar-refractivity contribution in [3.05, 3.63) is 70.7 Å². The second-order valence-electron chi connectivity index (χ2n) is 7.62. The third-order valence-electron chi connectivity index (χ3n) is 5.88. The van der Waals surface area contributed by atoms with Gasteiger partial charge in [-0.05, 0) is 49.1 Å². The van der Waals surface area contributed by atoms with Gasteiger partial charge in [0, 0.05) is 42.4 Å². The van der Waals surface area contributed by atoms with Gasteiger partial charge in [0.05, 0.1) is 4.87 Å². The zero-order chi connectivity index (χ0) is 20.3. The molecule has 4 rings (SSSR count). The molecule has 0 aliphatic carbocycles. The average molecular weight is 429 g/mol. The Morgan fingerprint density at radius 1 is 0.966 bits per heavy atom. The molecule has 0 atom stereocenters. The van der Waals surface area contributed by atoms with Gasteiger partial charge in [-0.25, -0.2) is 0 Å². The van der Waals surface area contributed by atoms with Gasteiger partial charge < -0.3 is 9.80 Å². The van der Waals surface area contributed by atoms with Crippen molar-refractivity contribution >= 4 is 35.2 Å². The fourth-order valence-electron chi connectivity index (χ4n) is 4.22. The zero-order valence-electron chi connectivity index (χ0n) is 16.4. The van der Waals surface area contributed by atoms with Crippen LogP contribution in [0.2, 0.25) is 5.02 Å². The Hall–Kier alpha value is -1.98. The minimum atomic E-state index is -0.188. The zero-order valence-corrected chi connectivity index (χ0v) is 17.9. The number of rotatable bonds is 4. The normalized spacial score (nSPS) is 18.2. The van der Waals surface area contributed by atoms with Crippen molar-refractivity contribution in [3.8, 4) is 0 Å². The number of hydrogen-bond acceptors (Lipinski definition) is 3. The maximum absolute atomic E-state index is 13.1. The number of halogens is 1. The summed E-state index contributed by atoms with van der Waals surface area (Å²) in [5, 5.41) is 0.634. The van der Waals surface area contributed by atoms with Crippen molar-refractivity contribution in [2.24, 2.45) is 0 Å². The molecule has 2 heterocycles. The first-order valence-corrected chi connectivity index (χ1v) is 11.5. The van der Waals surface area contributed by atoms with Gasteiger partial charge in [-0.15, -0.1) is 11.8 Å². The molecule has 2 amide bonds. The molecule has 1 spiro atoms. The highest BCUT2D eigenvalue weighted by Crippen LogP contribution is 2.44. The van der Waals surface area contributed by atoms with Gasteiger partial charge in [0.25, 0.3) is 5.91 Å². The summed E-state index contributed by atoms with van der Waals surface area (Å²) in [6.45, 7) is 2.18. The summed E-state index contributed by atoms with van der Waals surface area (Å²) in [6.07, 6.45) is 2.97. The van der Waals surface area contributed by atoms with Crippen molar-refractivity contribution in [1.29, 1.82) is 0 Å². The van der Waals surface area contributed by atoms with Crippen molar-refractivity contribution in [2.45, 2.75) is 30.6 Å². The van der Waals surface area contributed by atoms with Gasteiger partial charge in [0.15, 0.2) is 0 Å². The summed E-state index contributed by atoms with van der Waals surface area (Å²) in [5.41, 5.74) is 1.87. The maximum atomic E-state index is 13.1. The summed E-state index contributed by atoms with van der Waals surface area (Å²) in [7, 11) is 0. The fourth-order valence-corrected chi connectivity index (χ4v) is 5.80. The lowest BCUT2D eigenvalue weighted by Gasteiger charge is -2.44. The van der Waals surface area contributed by atoms with E-state index in [2.05, 4.69) is 12.1 Å². The van der Waals surface area contributed by atoms with Crippen LogP contribution in [0.1, 0.15) is 35.2 Å². The van der Waals surface area contributed by atoms with E-state index in [1.54, 1.807) is 24.3 Å². The Balaban J connectivity index is 1.36. The lowest BCUT2D eigenvalue weighted by atomic mass is 10.00. The number of nitrogens with zero attached hydrogens (tertiary/aromatic N) is 2. The number of hydrogen-bond donors (Lipinski definition) is 0. The van der Waals surface area contributed by atoms with Crippen LogP contribution in [0.5, 0.6) is 0 Å². The molecule has 0 saturated carbocycles. The molecule has 4 nitrogen and oxygen atoms in total. The van der Waals surface area contributed by atoms with Crippen molar-refractivity contribution in [3.63, 3.8) is 0 Å². The standard InChI is InChI=1S/C23H25ClN2O2S/c24-20-9-7-19(8-10-20)22(28)26-16-17-29-23(26)12-14-25(15-13-23)21(27)11-6-18-4-2-1-3-5-18/h1-5,7-10H,6,11-17H2. The molecule has 29 heavy (non-hydrogen) atoms. The molecule has 2 aliphatic rings. The number of benzene rings is 2. The molecule has 0 aromatic heterocycles. The lowest BCUT2D eigenvalue weighted by Crippen LogP contribution is -2.53. The monoisotopic (exact) mass is 428 g/mol. The second kappa shape index (κ2) is 8.80. The van der Waals surface area contributed by atoms with Crippen LogP contribution in [0.4, 0.5) is 0 Å². The summed E-state index contributed by atoms with van der Waals surface area (Å²) >= 11 is 7.83. The van der Waals surface area contributed by atoms with Crippen molar-refractivity contribution < 1.29 is 9.59 Å². The molecule has 2 aromatic carbocycles. The Morgan fingerprint density at radius 2 is 1.66 bits per heavy atom. The van der Waals surface area contributed by atoms with Crippen LogP contribution in [-0.2, 0) is 11.2 Å². The van der Waals surface area contributed by atoms with Gasteiger partial charge in [-0.1, -0.05) is 41.9 Å². The molecular formula is C23H25ClN2O2S. The van der Waals surface area contributed by atoms with E-state index in [1.165, 1.54) is 5.56 Å². The third-order valence-corrected chi connectivity index (χ3v) is 7.69. The predicted octanol–water partition coefficient (Wildman–Crippen LogP) is 4.48. The number of likely N-dealkylation sites (tertiary alicyclic amines) is 1. The highest BCUT2D eigenvalue weighted by atomic mass is 35.5. The minimum absolute atomic E-state index is 0.0653. The lowest BCUT2D eigenvalue weighted by molar-refractivity contribution is -0.132. The first kappa shape index (κ1) is 20.3. The Morgan fingerprint density at radius 3 is 2.34 bits per heavy atom. The van der Waals surface area contributed by atoms with Crippen LogP contribution in [0.15, 0.2) is 54.6 Å². The van der Waals surface area contributed by atoms with E-state index in [0.717, 1.165) is 31.6 Å². The Bertz CT molecular complexity index is 864. The summed E-state index contributed by atoms with van der Waals surface area (Å²) in [6, 6.07) is 17.3. The number of piperidine rings is 1. The topological polar surface area (TPSA) is 40.6 Å². The van der Waals surface area contributed by atoms with Crippen LogP contribution in [0.3, 0.4) is 0 Å². The number of carbonyl (C=O) groups is 2. The summed E-state index contributed by atoms with van der Waals surface area (Å²) in [4.78, 5) is 29.6. The van der Waals surface area contributed by atoms with E-state index in [-0.39, 0.29) is 16.7 Å². The molecule has 0 N–H and O–H groups in total. The number of thioether (sulfide) groups is 1. The maximum Gasteiger partial charge on any atom is 0.254 e. The largest absolute Gasteiger partial charge is 0.342 e. The molecule has 0 bridgehead atoms. The SMILES string of the molecule is O=C(CCc1ccccc1)N1CCC2(CC1)SCCN2C(=O)c1ccc(Cl)cc1. The van der Waals surface area contributed by atoms with E-state index in [4.69, 9.17) is 11.6 Å². The highest BCUT2D eigenvalue weighted by molar-refractivity contribution is 8.00. The molecule has 6 heteroatoms. The van der Waals surface area contributed by atoms with Crippen LogP contribution in [0, 0.1) is 0 Å². The summed E-state index contributed by atoms with van der Waals surface area (Å²) < 4.78 is 0. The van der Waals surface area contributed by atoms with Gasteiger partial charge >= 0.3 is 0 Å². The Kier molecular flexibility index (Phi) is 6.16. The quantitative estimate of drug-likeness (QED) is 0.720. The number of carbonyl (C=O) groups excluding carboxylic acids is 2. The van der Waals surface area contributed by atoms with E-state index < -0.39 is 0 Å². The molecule has 2 aromatic rings. The molecule has 152 valence electrons. The highest BCUT2D eigenvalue weighted by Gasteiger charge is 2.46. The van der Waals surface area contributed by atoms with Crippen LogP contribution >= 0.6 is 23.4 Å². The van der Waals surface area contributed by atoms with Crippen molar-refractivity contribution in [1.82, 2.24) is 9.80 Å². The molecule has 2 saturated heterocycles. The first-order valence-electron chi connectivity index (χ1n) is 10.1. The van der Waals surface area contributed by atoms with Crippen LogP contribution in [-0.4, -0.2) is 51.9 Å². The van der Waals surface area contributed by atoms with E-state index >= 15 is 0 Å². The van der Waals surface area contributed by atoms with Crippen LogP contribution < -0.4 is 0 Å². The molecule has 0 radical (unpaired) electrons. The number of amides is 2. The van der Waals surface area contributed by atoms with Crippen molar-refractivity contribution in [2.75, 3.05) is 25.4 Å². The second-order valence-corrected chi connectivity index (χ2v) is 9.52. The molecule has 2 aliphatic heterocycles. The summed E-state index contributed by atoms with van der Waals surface area (Å²) in [5.74, 6) is 1.22. The van der Waals surface area contributed by atoms with Gasteiger partial charge in [0.1, 0.15) is 0 Å². The first-order chi connectivity index (χ1) is 14.1. The minimum Gasteiger partial charge on any atom is -0.342 e. The van der Waals surface area contributed by atoms with E-state index in [1.807, 2.05) is 39.8 Å². The number of aryl methyl sites for hydroxylation is 1. The fraction of sp³-hybridized carbons (Fsp3) is 0.391. The molecule has 2 fully saturated rings. The van der Waals surface area contributed by atoms with E-state index in [9.17, 15) is 9.59 Å². The van der Waals surface area contributed by atoms with Crippen LogP contribution in [0.25, 0.3) is 0 Å². The van der Waals surface area contributed by atoms with Gasteiger partial charge in [0.2, 0.25) is 5.91 Å². The van der Waals surface area contributed by atoms with E-state index in [0.29, 0.717) is 30.1 Å². The van der Waals surface area contributed by atoms with Gasteiger partial charge in [-0.2, -0.15) is 0 Å². The smallest absolute Gasteiger partial charge is 0.254 e. The molecular weight excluding hydrogens is 404 g/mol. The molecule has 0 unspecified atom stereocenters. The Labute approximate surface area is 181 Å². The predicted molar refractivity (Wildman–Crippen MR) is 118 cm³/mol.